The van der Waals surface area contributed by atoms with Gasteiger partial charge in [-0.05, 0) is 11.6 Å². The van der Waals surface area contributed by atoms with Crippen molar-refractivity contribution in [2.24, 2.45) is 5.73 Å². The molecule has 0 amide bonds. The summed E-state index contributed by atoms with van der Waals surface area (Å²) in [5.41, 5.74) is 5.24. The number of nitrogens with two attached hydrogens (primary N) is 1. The molecule has 0 radical (unpaired) electrons. The summed E-state index contributed by atoms with van der Waals surface area (Å²) in [7, 11) is 0. The third-order valence-electron chi connectivity index (χ3n) is 1.90. The highest BCUT2D eigenvalue weighted by Crippen LogP contribution is 2.29. The van der Waals surface area contributed by atoms with Crippen LogP contribution < -0.4 is 11.1 Å². The van der Waals surface area contributed by atoms with Gasteiger partial charge in [0.05, 0.1) is 5.56 Å². The first-order chi connectivity index (χ1) is 7.04. The van der Waals surface area contributed by atoms with Gasteiger partial charge in [0.2, 0.25) is 0 Å². The first kappa shape index (κ1) is 12.0. The maximum Gasteiger partial charge on any atom is 0.416 e. The van der Waals surface area contributed by atoms with Crippen LogP contribution in [0.4, 0.5) is 13.2 Å². The number of halogens is 3. The van der Waals surface area contributed by atoms with Gasteiger partial charge < -0.3 is 11.1 Å². The smallest absolute Gasteiger partial charge is 0.329 e. The number of alkyl halides is 3. The van der Waals surface area contributed by atoms with Gasteiger partial charge in [0.1, 0.15) is 0 Å². The summed E-state index contributed by atoms with van der Waals surface area (Å²) in [6, 6.07) is 5.26. The Morgan fingerprint density at radius 1 is 1.27 bits per heavy atom. The van der Waals surface area contributed by atoms with Crippen molar-refractivity contribution < 1.29 is 13.2 Å². The highest BCUT2D eigenvalue weighted by Gasteiger charge is 2.30. The Labute approximate surface area is 86.3 Å². The fraction of sp³-hybridized carbons (Fsp3) is 0.400. The van der Waals surface area contributed by atoms with E-state index in [1.807, 2.05) is 0 Å². The van der Waals surface area contributed by atoms with Crippen molar-refractivity contribution in [2.75, 3.05) is 13.1 Å². The zero-order valence-corrected chi connectivity index (χ0v) is 8.14. The molecular formula is C10H13F3N2. The molecule has 0 spiro atoms. The molecule has 2 nitrogen and oxygen atoms in total. The molecule has 15 heavy (non-hydrogen) atoms. The van der Waals surface area contributed by atoms with Crippen molar-refractivity contribution in [3.8, 4) is 0 Å². The maximum absolute atomic E-state index is 12.3. The number of hydrogen-bond donors (Lipinski definition) is 2. The van der Waals surface area contributed by atoms with E-state index in [1.54, 1.807) is 6.07 Å². The molecule has 0 aliphatic carbocycles. The Bertz CT molecular complexity index is 310. The fourth-order valence-electron chi connectivity index (χ4n) is 1.19. The van der Waals surface area contributed by atoms with E-state index >= 15 is 0 Å². The van der Waals surface area contributed by atoms with Crippen LogP contribution in [-0.2, 0) is 12.7 Å². The predicted octanol–water partition coefficient (Wildman–Crippen LogP) is 1.75. The molecule has 1 aromatic rings. The number of nitrogens with one attached hydrogen (secondary N) is 1. The SMILES string of the molecule is NCCNCc1cccc(C(F)(F)F)c1. The molecule has 0 atom stereocenters. The van der Waals surface area contributed by atoms with Gasteiger partial charge in [-0.15, -0.1) is 0 Å². The van der Waals surface area contributed by atoms with Crippen LogP contribution in [0.3, 0.4) is 0 Å². The normalized spacial score (nSPS) is 11.7. The first-order valence-corrected chi connectivity index (χ1v) is 4.61. The second kappa shape index (κ2) is 5.14. The molecule has 0 aromatic heterocycles. The van der Waals surface area contributed by atoms with E-state index in [2.05, 4.69) is 5.32 Å². The molecule has 1 rings (SSSR count). The lowest BCUT2D eigenvalue weighted by Crippen LogP contribution is -2.22. The Morgan fingerprint density at radius 2 is 2.00 bits per heavy atom. The quantitative estimate of drug-likeness (QED) is 0.756. The average molecular weight is 218 g/mol. The minimum absolute atomic E-state index is 0.404. The zero-order chi connectivity index (χ0) is 11.3. The number of rotatable bonds is 4. The lowest BCUT2D eigenvalue weighted by molar-refractivity contribution is -0.137. The monoisotopic (exact) mass is 218 g/mol. The van der Waals surface area contributed by atoms with E-state index in [0.29, 0.717) is 25.2 Å². The van der Waals surface area contributed by atoms with E-state index in [1.165, 1.54) is 6.07 Å². The van der Waals surface area contributed by atoms with Crippen LogP contribution in [0.15, 0.2) is 24.3 Å². The van der Waals surface area contributed by atoms with Gasteiger partial charge in [0, 0.05) is 19.6 Å². The molecule has 0 fully saturated rings. The van der Waals surface area contributed by atoms with Crippen LogP contribution in [-0.4, -0.2) is 13.1 Å². The highest BCUT2D eigenvalue weighted by molar-refractivity contribution is 5.25. The molecule has 0 bridgehead atoms. The third-order valence-corrected chi connectivity index (χ3v) is 1.90. The van der Waals surface area contributed by atoms with Crippen molar-refractivity contribution in [2.45, 2.75) is 12.7 Å². The molecule has 0 saturated carbocycles. The Kier molecular flexibility index (Phi) is 4.11. The van der Waals surface area contributed by atoms with E-state index in [-0.39, 0.29) is 0 Å². The average Bonchev–Trinajstić information content (AvgIpc) is 2.17. The minimum atomic E-state index is -4.27. The standard InChI is InChI=1S/C10H13F3N2/c11-10(12,13)9-3-1-2-8(6-9)7-15-5-4-14/h1-3,6,15H,4-5,7,14H2. The summed E-state index contributed by atoms with van der Waals surface area (Å²) in [6.45, 7) is 1.47. The lowest BCUT2D eigenvalue weighted by Gasteiger charge is -2.09. The number of hydrogen-bond acceptors (Lipinski definition) is 2. The van der Waals surface area contributed by atoms with Crippen molar-refractivity contribution in [1.29, 1.82) is 0 Å². The highest BCUT2D eigenvalue weighted by atomic mass is 19.4. The fourth-order valence-corrected chi connectivity index (χ4v) is 1.19. The summed E-state index contributed by atoms with van der Waals surface area (Å²) in [4.78, 5) is 0. The largest absolute Gasteiger partial charge is 0.416 e. The second-order valence-corrected chi connectivity index (χ2v) is 3.16. The van der Waals surface area contributed by atoms with E-state index in [9.17, 15) is 13.2 Å². The van der Waals surface area contributed by atoms with E-state index < -0.39 is 11.7 Å². The maximum atomic E-state index is 12.3. The molecule has 0 heterocycles. The minimum Gasteiger partial charge on any atom is -0.329 e. The van der Waals surface area contributed by atoms with Crippen molar-refractivity contribution in [3.05, 3.63) is 35.4 Å². The summed E-state index contributed by atoms with van der Waals surface area (Å²) in [5.74, 6) is 0. The first-order valence-electron chi connectivity index (χ1n) is 4.61. The van der Waals surface area contributed by atoms with Gasteiger partial charge in [0.15, 0.2) is 0 Å². The third kappa shape index (κ3) is 3.89. The summed E-state index contributed by atoms with van der Waals surface area (Å²) < 4.78 is 36.9. The Morgan fingerprint density at radius 3 is 2.60 bits per heavy atom. The van der Waals surface area contributed by atoms with Gasteiger partial charge in [-0.3, -0.25) is 0 Å². The van der Waals surface area contributed by atoms with Gasteiger partial charge in [-0.2, -0.15) is 13.2 Å². The van der Waals surface area contributed by atoms with Gasteiger partial charge in [-0.1, -0.05) is 18.2 Å². The topological polar surface area (TPSA) is 38.0 Å². The summed E-state index contributed by atoms with van der Waals surface area (Å²) in [5, 5.41) is 2.94. The predicted molar refractivity (Wildman–Crippen MR) is 52.2 cm³/mol. The summed E-state index contributed by atoms with van der Waals surface area (Å²) >= 11 is 0. The number of benzene rings is 1. The van der Waals surface area contributed by atoms with Crippen molar-refractivity contribution in [1.82, 2.24) is 5.32 Å². The molecule has 0 aliphatic heterocycles. The lowest BCUT2D eigenvalue weighted by atomic mass is 10.1. The Balaban J connectivity index is 2.66. The van der Waals surface area contributed by atoms with E-state index in [4.69, 9.17) is 5.73 Å². The molecular weight excluding hydrogens is 205 g/mol. The van der Waals surface area contributed by atoms with Crippen molar-refractivity contribution in [3.63, 3.8) is 0 Å². The summed E-state index contributed by atoms with van der Waals surface area (Å²) in [6.07, 6.45) is -4.27. The van der Waals surface area contributed by atoms with Gasteiger partial charge in [0.25, 0.3) is 0 Å². The second-order valence-electron chi connectivity index (χ2n) is 3.16. The van der Waals surface area contributed by atoms with E-state index in [0.717, 1.165) is 12.1 Å². The van der Waals surface area contributed by atoms with Gasteiger partial charge >= 0.3 is 6.18 Å². The Hall–Kier alpha value is -1.07. The van der Waals surface area contributed by atoms with Crippen LogP contribution >= 0.6 is 0 Å². The molecule has 1 aromatic carbocycles. The molecule has 0 saturated heterocycles. The van der Waals surface area contributed by atoms with Crippen molar-refractivity contribution >= 4 is 0 Å². The zero-order valence-electron chi connectivity index (χ0n) is 8.14. The molecule has 0 unspecified atom stereocenters. The van der Waals surface area contributed by atoms with Gasteiger partial charge in [-0.25, -0.2) is 0 Å². The molecule has 5 heteroatoms. The van der Waals surface area contributed by atoms with Crippen LogP contribution in [0, 0.1) is 0 Å². The van der Waals surface area contributed by atoms with Crippen LogP contribution in [0.1, 0.15) is 11.1 Å². The van der Waals surface area contributed by atoms with Crippen LogP contribution in [0.25, 0.3) is 0 Å². The van der Waals surface area contributed by atoms with Crippen LogP contribution in [0.2, 0.25) is 0 Å². The molecule has 3 N–H and O–H groups in total. The van der Waals surface area contributed by atoms with Crippen LogP contribution in [0.5, 0.6) is 0 Å². The molecule has 84 valence electrons. The molecule has 0 aliphatic rings.